The molecule has 1 amide bonds. The molecule has 0 saturated heterocycles. The van der Waals surface area contributed by atoms with Crippen molar-refractivity contribution < 1.29 is 9.18 Å². The lowest BCUT2D eigenvalue weighted by Gasteiger charge is -2.07. The molecule has 4 rings (SSSR count). The highest BCUT2D eigenvalue weighted by Crippen LogP contribution is 2.10. The maximum absolute atomic E-state index is 13.4. The van der Waals surface area contributed by atoms with E-state index < -0.39 is 0 Å². The number of thiophene rings is 1. The molecule has 0 radical (unpaired) electrons. The number of benzene rings is 1. The van der Waals surface area contributed by atoms with E-state index in [1.807, 2.05) is 17.5 Å². The lowest BCUT2D eigenvalue weighted by molar-refractivity contribution is -0.116. The van der Waals surface area contributed by atoms with Gasteiger partial charge in [0.15, 0.2) is 5.65 Å². The Morgan fingerprint density at radius 3 is 2.97 bits per heavy atom. The van der Waals surface area contributed by atoms with Gasteiger partial charge in [-0.05, 0) is 35.2 Å². The Morgan fingerprint density at radius 2 is 2.17 bits per heavy atom. The highest BCUT2D eigenvalue weighted by Gasteiger charge is 2.11. The molecule has 0 unspecified atom stereocenters. The smallest absolute Gasteiger partial charge is 0.264 e. The number of carbonyl (C=O) groups is 1. The van der Waals surface area contributed by atoms with Gasteiger partial charge in [-0.2, -0.15) is 5.10 Å². The van der Waals surface area contributed by atoms with Gasteiger partial charge in [0.25, 0.3) is 5.56 Å². The average molecular weight is 423 g/mol. The number of fused-ring (bicyclic) bond motifs is 1. The molecule has 0 saturated carbocycles. The summed E-state index contributed by atoms with van der Waals surface area (Å²) in [5, 5.41) is 9.32. The minimum Gasteiger partial charge on any atom is -0.351 e. The summed E-state index contributed by atoms with van der Waals surface area (Å²) in [6, 6.07) is 9.94. The van der Waals surface area contributed by atoms with Crippen LogP contribution in [0, 0.1) is 5.82 Å². The highest BCUT2D eigenvalue weighted by molar-refractivity contribution is 7.10. The lowest BCUT2D eigenvalue weighted by Crippen LogP contribution is -2.26. The number of hydrogen-bond donors (Lipinski definition) is 1. The number of carbonyl (C=O) groups excluding carboxylic acids is 1. The molecule has 3 heterocycles. The monoisotopic (exact) mass is 423 g/mol. The number of aromatic nitrogens is 4. The zero-order valence-electron chi connectivity index (χ0n) is 15.9. The number of amides is 1. The molecule has 30 heavy (non-hydrogen) atoms. The zero-order valence-corrected chi connectivity index (χ0v) is 16.7. The Morgan fingerprint density at radius 1 is 1.27 bits per heavy atom. The van der Waals surface area contributed by atoms with E-state index >= 15 is 0 Å². The van der Waals surface area contributed by atoms with E-state index in [4.69, 9.17) is 0 Å². The van der Waals surface area contributed by atoms with Gasteiger partial charge in [0, 0.05) is 17.5 Å². The van der Waals surface area contributed by atoms with Gasteiger partial charge in [0.2, 0.25) is 5.91 Å². The summed E-state index contributed by atoms with van der Waals surface area (Å²) >= 11 is 1.55. The van der Waals surface area contributed by atoms with Gasteiger partial charge >= 0.3 is 0 Å². The molecule has 1 N–H and O–H groups in total. The summed E-state index contributed by atoms with van der Waals surface area (Å²) < 4.78 is 16.4. The van der Waals surface area contributed by atoms with Crippen molar-refractivity contribution in [3.63, 3.8) is 0 Å². The molecule has 0 aliphatic heterocycles. The van der Waals surface area contributed by atoms with Gasteiger partial charge in [0.1, 0.15) is 17.5 Å². The second-order valence-electron chi connectivity index (χ2n) is 6.55. The summed E-state index contributed by atoms with van der Waals surface area (Å²) in [6.45, 7) is 0.943. The fourth-order valence-electron chi connectivity index (χ4n) is 2.99. The first-order chi connectivity index (χ1) is 14.6. The first kappa shape index (κ1) is 19.7. The SMILES string of the molecule is O=C(/C=C/c1cccs1)NCCn1ncc2c(=O)n(Cc3cccc(F)c3)cnc21. The maximum Gasteiger partial charge on any atom is 0.264 e. The molecule has 0 fully saturated rings. The second kappa shape index (κ2) is 8.83. The van der Waals surface area contributed by atoms with Crippen LogP contribution in [0.3, 0.4) is 0 Å². The molecule has 9 heteroatoms. The minimum atomic E-state index is -0.352. The van der Waals surface area contributed by atoms with Crippen molar-refractivity contribution in [2.45, 2.75) is 13.1 Å². The standard InChI is InChI=1S/C21H18FN5O2S/c22-16-4-1-3-15(11-16)13-26-14-24-20-18(21(26)29)12-25-27(20)9-8-23-19(28)7-6-17-5-2-10-30-17/h1-7,10-12,14H,8-9,13H2,(H,23,28)/b7-6+. The summed E-state index contributed by atoms with van der Waals surface area (Å²) in [6.07, 6.45) is 6.13. The van der Waals surface area contributed by atoms with Gasteiger partial charge in [-0.3, -0.25) is 14.2 Å². The molecular formula is C21H18FN5O2S. The van der Waals surface area contributed by atoms with Crippen LogP contribution < -0.4 is 10.9 Å². The molecule has 0 aliphatic rings. The van der Waals surface area contributed by atoms with Gasteiger partial charge < -0.3 is 5.32 Å². The second-order valence-corrected chi connectivity index (χ2v) is 7.53. The van der Waals surface area contributed by atoms with E-state index in [9.17, 15) is 14.0 Å². The zero-order chi connectivity index (χ0) is 20.9. The van der Waals surface area contributed by atoms with E-state index in [0.717, 1.165) is 4.88 Å². The molecule has 3 aromatic heterocycles. The van der Waals surface area contributed by atoms with Crippen LogP contribution in [0.1, 0.15) is 10.4 Å². The number of nitrogens with one attached hydrogen (secondary N) is 1. The third-order valence-corrected chi connectivity index (χ3v) is 5.27. The van der Waals surface area contributed by atoms with Crippen LogP contribution in [0.5, 0.6) is 0 Å². The van der Waals surface area contributed by atoms with Crippen molar-refractivity contribution in [3.05, 3.63) is 87.0 Å². The molecular weight excluding hydrogens is 405 g/mol. The molecule has 1 aromatic carbocycles. The molecule has 0 atom stereocenters. The maximum atomic E-state index is 13.4. The minimum absolute atomic E-state index is 0.203. The predicted molar refractivity (Wildman–Crippen MR) is 114 cm³/mol. The Balaban J connectivity index is 1.41. The Labute approximate surface area is 175 Å². The quantitative estimate of drug-likeness (QED) is 0.464. The topological polar surface area (TPSA) is 81.8 Å². The molecule has 0 bridgehead atoms. The van der Waals surface area contributed by atoms with Gasteiger partial charge in [-0.25, -0.2) is 14.1 Å². The lowest BCUT2D eigenvalue weighted by atomic mass is 10.2. The fraction of sp³-hybridized carbons (Fsp3) is 0.143. The van der Waals surface area contributed by atoms with Crippen molar-refractivity contribution in [1.29, 1.82) is 0 Å². The van der Waals surface area contributed by atoms with E-state index in [0.29, 0.717) is 29.7 Å². The Kier molecular flexibility index (Phi) is 5.80. The van der Waals surface area contributed by atoms with E-state index in [1.54, 1.807) is 34.2 Å². The normalized spacial score (nSPS) is 11.4. The van der Waals surface area contributed by atoms with Crippen LogP contribution >= 0.6 is 11.3 Å². The van der Waals surface area contributed by atoms with E-state index in [-0.39, 0.29) is 23.8 Å². The number of nitrogens with zero attached hydrogens (tertiary/aromatic N) is 4. The first-order valence-corrected chi connectivity index (χ1v) is 10.1. The molecule has 7 nitrogen and oxygen atoms in total. The summed E-state index contributed by atoms with van der Waals surface area (Å²) in [4.78, 5) is 30.0. The largest absolute Gasteiger partial charge is 0.351 e. The Bertz CT molecular complexity index is 1260. The van der Waals surface area contributed by atoms with Crippen LogP contribution in [0.2, 0.25) is 0 Å². The van der Waals surface area contributed by atoms with Gasteiger partial charge in [0.05, 0.1) is 19.3 Å². The van der Waals surface area contributed by atoms with Crippen LogP contribution in [-0.4, -0.2) is 31.8 Å². The third-order valence-electron chi connectivity index (χ3n) is 4.43. The molecule has 0 spiro atoms. The van der Waals surface area contributed by atoms with Crippen molar-refractivity contribution in [3.8, 4) is 0 Å². The number of rotatable bonds is 7. The Hall–Kier alpha value is -3.59. The highest BCUT2D eigenvalue weighted by atomic mass is 32.1. The molecule has 4 aromatic rings. The van der Waals surface area contributed by atoms with Crippen molar-refractivity contribution in [2.24, 2.45) is 0 Å². The van der Waals surface area contributed by atoms with Crippen LogP contribution in [0.25, 0.3) is 17.1 Å². The summed E-state index contributed by atoms with van der Waals surface area (Å²) in [5.74, 6) is -0.556. The third kappa shape index (κ3) is 4.52. The van der Waals surface area contributed by atoms with Crippen LogP contribution in [0.15, 0.2) is 65.2 Å². The fourth-order valence-corrected chi connectivity index (χ4v) is 3.61. The first-order valence-electron chi connectivity index (χ1n) is 9.25. The number of hydrogen-bond acceptors (Lipinski definition) is 5. The van der Waals surface area contributed by atoms with Crippen molar-refractivity contribution >= 4 is 34.4 Å². The van der Waals surface area contributed by atoms with E-state index in [2.05, 4.69) is 15.4 Å². The summed E-state index contributed by atoms with van der Waals surface area (Å²) in [7, 11) is 0. The predicted octanol–water partition coefficient (Wildman–Crippen LogP) is 2.67. The molecule has 0 aliphatic carbocycles. The molecule has 152 valence electrons. The average Bonchev–Trinajstić information content (AvgIpc) is 3.39. The summed E-state index contributed by atoms with van der Waals surface area (Å²) in [5.41, 5.74) is 0.862. The van der Waals surface area contributed by atoms with Crippen molar-refractivity contribution in [1.82, 2.24) is 24.6 Å². The van der Waals surface area contributed by atoms with Crippen molar-refractivity contribution in [2.75, 3.05) is 6.54 Å². The number of halogens is 1. The van der Waals surface area contributed by atoms with Crippen LogP contribution in [0.4, 0.5) is 4.39 Å². The van der Waals surface area contributed by atoms with E-state index in [1.165, 1.54) is 35.3 Å². The van der Waals surface area contributed by atoms with Crippen LogP contribution in [-0.2, 0) is 17.9 Å². The van der Waals surface area contributed by atoms with Gasteiger partial charge in [-0.15, -0.1) is 11.3 Å². The van der Waals surface area contributed by atoms with Gasteiger partial charge in [-0.1, -0.05) is 18.2 Å².